The van der Waals surface area contributed by atoms with Crippen LogP contribution in [0.15, 0.2) is 30.3 Å². The molecule has 1 saturated heterocycles. The largest absolute Gasteiger partial charge is 0.457 e. The highest BCUT2D eigenvalue weighted by atomic mass is 16.6. The van der Waals surface area contributed by atoms with Gasteiger partial charge in [-0.25, -0.2) is 4.79 Å². The maximum absolute atomic E-state index is 11.3. The first-order chi connectivity index (χ1) is 8.81. The summed E-state index contributed by atoms with van der Waals surface area (Å²) >= 11 is 0. The number of hydrogen-bond acceptors (Lipinski definition) is 4. The van der Waals surface area contributed by atoms with Crippen LogP contribution in [0.4, 0.5) is 0 Å². The summed E-state index contributed by atoms with van der Waals surface area (Å²) in [5.41, 5.74) is 1.05. The van der Waals surface area contributed by atoms with Crippen molar-refractivity contribution in [3.05, 3.63) is 35.9 Å². The van der Waals surface area contributed by atoms with E-state index in [1.165, 1.54) is 0 Å². The molecule has 1 fully saturated rings. The molecule has 0 aliphatic carbocycles. The van der Waals surface area contributed by atoms with E-state index < -0.39 is 6.10 Å². The topological polar surface area (TPSA) is 55.8 Å². The van der Waals surface area contributed by atoms with Crippen molar-refractivity contribution in [2.24, 2.45) is 0 Å². The smallest absolute Gasteiger partial charge is 0.339 e. The highest BCUT2D eigenvalue weighted by molar-refractivity contribution is 5.81. The van der Waals surface area contributed by atoms with E-state index in [9.17, 15) is 4.79 Å². The van der Waals surface area contributed by atoms with Gasteiger partial charge in [-0.15, -0.1) is 0 Å². The zero-order valence-corrected chi connectivity index (χ0v) is 10.2. The molecule has 1 aromatic rings. The van der Waals surface area contributed by atoms with Gasteiger partial charge in [0.15, 0.2) is 6.10 Å². The molecule has 0 radical (unpaired) electrons. The fourth-order valence-electron chi connectivity index (χ4n) is 1.96. The molecule has 0 saturated carbocycles. The first-order valence-electron chi connectivity index (χ1n) is 6.28. The summed E-state index contributed by atoms with van der Waals surface area (Å²) in [5.74, 6) is -0.278. The van der Waals surface area contributed by atoms with Gasteiger partial charge in [-0.1, -0.05) is 30.3 Å². The van der Waals surface area contributed by atoms with E-state index in [1.54, 1.807) is 0 Å². The molecule has 1 aliphatic heterocycles. The molecule has 18 heavy (non-hydrogen) atoms. The van der Waals surface area contributed by atoms with Gasteiger partial charge < -0.3 is 14.6 Å². The molecule has 1 aromatic carbocycles. The molecule has 0 amide bonds. The number of hydrogen-bond donors (Lipinski definition) is 1. The average Bonchev–Trinajstić information content (AvgIpc) is 2.39. The number of unbranched alkanes of at least 4 members (excludes halogenated alkanes) is 1. The molecule has 1 aliphatic rings. The van der Waals surface area contributed by atoms with Gasteiger partial charge in [0.25, 0.3) is 0 Å². The number of carbonyl (C=O) groups excluding carboxylic acids is 1. The lowest BCUT2D eigenvalue weighted by Crippen LogP contribution is -2.51. The number of aliphatic hydroxyl groups is 1. The molecule has 0 bridgehead atoms. The molecule has 2 rings (SSSR count). The second-order valence-electron chi connectivity index (χ2n) is 4.41. The minimum Gasteiger partial charge on any atom is -0.457 e. The minimum absolute atomic E-state index is 0.146. The number of rotatable bonds is 7. The Labute approximate surface area is 107 Å². The molecule has 4 heteroatoms. The molecule has 0 aromatic heterocycles. The van der Waals surface area contributed by atoms with Crippen LogP contribution >= 0.6 is 0 Å². The SMILES string of the molecule is O=C1O[C@H](CCCCO)[C@H]1OCc1ccccc1. The third-order valence-corrected chi connectivity index (χ3v) is 3.01. The first-order valence-corrected chi connectivity index (χ1v) is 6.28. The summed E-state index contributed by atoms with van der Waals surface area (Å²) in [6.45, 7) is 0.604. The Morgan fingerprint density at radius 1 is 1.22 bits per heavy atom. The first kappa shape index (κ1) is 13.1. The molecule has 1 heterocycles. The summed E-state index contributed by atoms with van der Waals surface area (Å²) in [5, 5.41) is 8.70. The normalized spacial score (nSPS) is 22.4. The fourth-order valence-corrected chi connectivity index (χ4v) is 1.96. The summed E-state index contributed by atoms with van der Waals surface area (Å²) in [6.07, 6.45) is 1.75. The quantitative estimate of drug-likeness (QED) is 0.590. The number of benzene rings is 1. The third kappa shape index (κ3) is 3.31. The second-order valence-corrected chi connectivity index (χ2v) is 4.41. The summed E-state index contributed by atoms with van der Waals surface area (Å²) in [7, 11) is 0. The van der Waals surface area contributed by atoms with Gasteiger partial charge >= 0.3 is 5.97 Å². The van der Waals surface area contributed by atoms with Gasteiger partial charge in [-0.3, -0.25) is 0 Å². The predicted octanol–water partition coefficient (Wildman–Crippen LogP) is 1.66. The van der Waals surface area contributed by atoms with Gasteiger partial charge in [0.1, 0.15) is 6.10 Å². The predicted molar refractivity (Wildman–Crippen MR) is 65.8 cm³/mol. The standard InChI is InChI=1S/C14H18O4/c15-9-5-4-8-12-13(14(16)18-12)17-10-11-6-2-1-3-7-11/h1-3,6-7,12-13,15H,4-5,8-10H2/t12-,13-/m1/s1. The van der Waals surface area contributed by atoms with Gasteiger partial charge in [-0.05, 0) is 24.8 Å². The van der Waals surface area contributed by atoms with Gasteiger partial charge in [0, 0.05) is 6.61 Å². The van der Waals surface area contributed by atoms with Gasteiger partial charge in [0.05, 0.1) is 6.61 Å². The Kier molecular flexibility index (Phi) is 4.73. The molecule has 4 nitrogen and oxygen atoms in total. The maximum atomic E-state index is 11.3. The van der Waals surface area contributed by atoms with E-state index in [0.29, 0.717) is 6.61 Å². The fraction of sp³-hybridized carbons (Fsp3) is 0.500. The van der Waals surface area contributed by atoms with Crippen LogP contribution in [-0.2, 0) is 20.9 Å². The highest BCUT2D eigenvalue weighted by Crippen LogP contribution is 2.24. The van der Waals surface area contributed by atoms with E-state index in [2.05, 4.69) is 0 Å². The van der Waals surface area contributed by atoms with E-state index >= 15 is 0 Å². The van der Waals surface area contributed by atoms with Crippen molar-refractivity contribution in [2.45, 2.75) is 38.1 Å². The Hall–Kier alpha value is -1.39. The Balaban J connectivity index is 1.75. The molecule has 0 unspecified atom stereocenters. The Morgan fingerprint density at radius 3 is 2.67 bits per heavy atom. The highest BCUT2D eigenvalue weighted by Gasteiger charge is 2.42. The number of ether oxygens (including phenoxy) is 2. The van der Waals surface area contributed by atoms with Crippen molar-refractivity contribution >= 4 is 5.97 Å². The summed E-state index contributed by atoms with van der Waals surface area (Å²) in [6, 6.07) is 9.75. The summed E-state index contributed by atoms with van der Waals surface area (Å²) < 4.78 is 10.6. The van der Waals surface area contributed by atoms with Crippen LogP contribution in [0.1, 0.15) is 24.8 Å². The molecular weight excluding hydrogens is 232 g/mol. The van der Waals surface area contributed by atoms with Crippen LogP contribution in [0.2, 0.25) is 0 Å². The van der Waals surface area contributed by atoms with Gasteiger partial charge in [0.2, 0.25) is 0 Å². The van der Waals surface area contributed by atoms with Crippen molar-refractivity contribution in [1.29, 1.82) is 0 Å². The van der Waals surface area contributed by atoms with Crippen LogP contribution in [-0.4, -0.2) is 29.9 Å². The van der Waals surface area contributed by atoms with Crippen molar-refractivity contribution in [1.82, 2.24) is 0 Å². The van der Waals surface area contributed by atoms with E-state index in [1.807, 2.05) is 30.3 Å². The zero-order chi connectivity index (χ0) is 12.8. The second kappa shape index (κ2) is 6.52. The van der Waals surface area contributed by atoms with E-state index in [-0.39, 0.29) is 18.7 Å². The lowest BCUT2D eigenvalue weighted by molar-refractivity contribution is -0.209. The zero-order valence-electron chi connectivity index (χ0n) is 10.2. The third-order valence-electron chi connectivity index (χ3n) is 3.01. The van der Waals surface area contributed by atoms with Crippen molar-refractivity contribution < 1.29 is 19.4 Å². The van der Waals surface area contributed by atoms with Crippen LogP contribution in [0.25, 0.3) is 0 Å². The van der Waals surface area contributed by atoms with Crippen molar-refractivity contribution in [3.63, 3.8) is 0 Å². The van der Waals surface area contributed by atoms with Crippen LogP contribution in [0.5, 0.6) is 0 Å². The monoisotopic (exact) mass is 250 g/mol. The van der Waals surface area contributed by atoms with E-state index in [0.717, 1.165) is 24.8 Å². The Bertz CT molecular complexity index is 377. The van der Waals surface area contributed by atoms with Crippen LogP contribution < -0.4 is 0 Å². The lowest BCUT2D eigenvalue weighted by atomic mass is 10.0. The van der Waals surface area contributed by atoms with Crippen molar-refractivity contribution in [3.8, 4) is 0 Å². The number of cyclic esters (lactones) is 1. The molecule has 2 atom stereocenters. The molecule has 98 valence electrons. The number of carbonyl (C=O) groups is 1. The molecule has 0 spiro atoms. The van der Waals surface area contributed by atoms with Crippen LogP contribution in [0.3, 0.4) is 0 Å². The number of esters is 1. The van der Waals surface area contributed by atoms with E-state index in [4.69, 9.17) is 14.6 Å². The van der Waals surface area contributed by atoms with Gasteiger partial charge in [-0.2, -0.15) is 0 Å². The van der Waals surface area contributed by atoms with Crippen molar-refractivity contribution in [2.75, 3.05) is 6.61 Å². The average molecular weight is 250 g/mol. The maximum Gasteiger partial charge on any atom is 0.339 e. The molecule has 1 N–H and O–H groups in total. The van der Waals surface area contributed by atoms with Crippen LogP contribution in [0, 0.1) is 0 Å². The number of aliphatic hydroxyl groups excluding tert-OH is 1. The minimum atomic E-state index is -0.441. The lowest BCUT2D eigenvalue weighted by Gasteiger charge is -2.34. The molecular formula is C14H18O4. The summed E-state index contributed by atoms with van der Waals surface area (Å²) in [4.78, 5) is 11.3. The Morgan fingerprint density at radius 2 is 2.00 bits per heavy atom.